The number of hydrogen-bond donors (Lipinski definition) is 1. The van der Waals surface area contributed by atoms with Gasteiger partial charge < -0.3 is 10.2 Å². The lowest BCUT2D eigenvalue weighted by atomic mass is 10.1. The van der Waals surface area contributed by atoms with Crippen molar-refractivity contribution in [3.63, 3.8) is 0 Å². The van der Waals surface area contributed by atoms with Gasteiger partial charge in [-0.3, -0.25) is 9.59 Å². The molecule has 0 fully saturated rings. The van der Waals surface area contributed by atoms with Crippen molar-refractivity contribution in [2.75, 3.05) is 19.4 Å². The lowest BCUT2D eigenvalue weighted by molar-refractivity contribution is -0.115. The average Bonchev–Trinajstić information content (AvgIpc) is 3.11. The zero-order chi connectivity index (χ0) is 20.3. The molecule has 5 nitrogen and oxygen atoms in total. The predicted octanol–water partition coefficient (Wildman–Crippen LogP) is 3.97. The molecule has 0 aliphatic heterocycles. The molecule has 0 radical (unpaired) electrons. The summed E-state index contributed by atoms with van der Waals surface area (Å²) in [4.78, 5) is 30.0. The largest absolute Gasteiger partial charge is 0.345 e. The number of rotatable bonds is 5. The van der Waals surface area contributed by atoms with Crippen molar-refractivity contribution in [2.24, 2.45) is 0 Å². The monoisotopic (exact) mass is 401 g/mol. The highest BCUT2D eigenvalue weighted by atomic mass is 32.1. The second kappa shape index (κ2) is 8.26. The summed E-state index contributed by atoms with van der Waals surface area (Å²) in [5, 5.41) is 4.76. The van der Waals surface area contributed by atoms with Crippen LogP contribution in [0, 0.1) is 11.6 Å². The molecule has 144 valence electrons. The van der Waals surface area contributed by atoms with Crippen LogP contribution in [0.4, 0.5) is 14.5 Å². The highest BCUT2D eigenvalue weighted by Crippen LogP contribution is 2.25. The number of anilines is 1. The molecule has 3 rings (SSSR count). The first-order valence-corrected chi connectivity index (χ1v) is 9.23. The number of nitrogens with one attached hydrogen (secondary N) is 1. The molecule has 2 aromatic carbocycles. The Hall–Kier alpha value is -3.13. The molecule has 0 aliphatic rings. The third-order valence-electron chi connectivity index (χ3n) is 3.86. The van der Waals surface area contributed by atoms with E-state index in [1.54, 1.807) is 31.6 Å². The fraction of sp³-hybridized carbons (Fsp3) is 0.150. The number of aromatic nitrogens is 1. The van der Waals surface area contributed by atoms with E-state index in [1.165, 1.54) is 40.5 Å². The van der Waals surface area contributed by atoms with Crippen molar-refractivity contribution in [1.29, 1.82) is 0 Å². The number of thiazole rings is 1. The SMILES string of the molecule is CN(C)C(=O)c1ccc(F)c(NC(=O)Cc2csc(-c3cccc(F)c3)n2)c1. The van der Waals surface area contributed by atoms with Crippen molar-refractivity contribution in [1.82, 2.24) is 9.88 Å². The van der Waals surface area contributed by atoms with Crippen molar-refractivity contribution in [3.8, 4) is 10.6 Å². The van der Waals surface area contributed by atoms with E-state index >= 15 is 0 Å². The number of nitrogens with zero attached hydrogens (tertiary/aromatic N) is 2. The number of hydrogen-bond acceptors (Lipinski definition) is 4. The molecule has 0 unspecified atom stereocenters. The van der Waals surface area contributed by atoms with Gasteiger partial charge in [-0.05, 0) is 30.3 Å². The Balaban J connectivity index is 1.71. The fourth-order valence-corrected chi connectivity index (χ4v) is 3.33. The first-order chi connectivity index (χ1) is 13.3. The van der Waals surface area contributed by atoms with Gasteiger partial charge in [0.2, 0.25) is 5.91 Å². The predicted molar refractivity (Wildman–Crippen MR) is 104 cm³/mol. The Kier molecular flexibility index (Phi) is 5.79. The van der Waals surface area contributed by atoms with Gasteiger partial charge in [-0.25, -0.2) is 13.8 Å². The van der Waals surface area contributed by atoms with Gasteiger partial charge in [-0.15, -0.1) is 11.3 Å². The zero-order valence-electron chi connectivity index (χ0n) is 15.2. The van der Waals surface area contributed by atoms with Crippen LogP contribution in [0.15, 0.2) is 47.8 Å². The minimum Gasteiger partial charge on any atom is -0.345 e. The molecule has 2 amide bonds. The van der Waals surface area contributed by atoms with E-state index in [0.717, 1.165) is 6.07 Å². The smallest absolute Gasteiger partial charge is 0.253 e. The van der Waals surface area contributed by atoms with Crippen LogP contribution in [0.3, 0.4) is 0 Å². The molecule has 3 aromatic rings. The molecule has 0 atom stereocenters. The van der Waals surface area contributed by atoms with Crippen molar-refractivity contribution < 1.29 is 18.4 Å². The van der Waals surface area contributed by atoms with Gasteiger partial charge in [-0.2, -0.15) is 0 Å². The quantitative estimate of drug-likeness (QED) is 0.704. The van der Waals surface area contributed by atoms with E-state index in [-0.39, 0.29) is 29.4 Å². The Bertz CT molecular complexity index is 1030. The average molecular weight is 401 g/mol. The van der Waals surface area contributed by atoms with Gasteiger partial charge in [0.15, 0.2) is 0 Å². The molecule has 1 heterocycles. The summed E-state index contributed by atoms with van der Waals surface area (Å²) in [6.07, 6.45) is -0.0723. The van der Waals surface area contributed by atoms with Crippen LogP contribution >= 0.6 is 11.3 Å². The van der Waals surface area contributed by atoms with Crippen molar-refractivity contribution in [3.05, 3.63) is 70.7 Å². The number of halogens is 2. The molecule has 0 bridgehead atoms. The van der Waals surface area contributed by atoms with E-state index in [1.807, 2.05) is 0 Å². The number of amides is 2. The van der Waals surface area contributed by atoms with E-state index in [2.05, 4.69) is 10.3 Å². The summed E-state index contributed by atoms with van der Waals surface area (Å²) in [5.74, 6) is -1.77. The van der Waals surface area contributed by atoms with Crippen LogP contribution in [-0.4, -0.2) is 35.8 Å². The Morgan fingerprint density at radius 2 is 1.93 bits per heavy atom. The topological polar surface area (TPSA) is 62.3 Å². The molecule has 1 aromatic heterocycles. The second-order valence-electron chi connectivity index (χ2n) is 6.27. The number of benzene rings is 2. The maximum atomic E-state index is 14.0. The highest BCUT2D eigenvalue weighted by molar-refractivity contribution is 7.13. The van der Waals surface area contributed by atoms with Gasteiger partial charge in [0.1, 0.15) is 16.6 Å². The highest BCUT2D eigenvalue weighted by Gasteiger charge is 2.15. The lowest BCUT2D eigenvalue weighted by Gasteiger charge is -2.12. The van der Waals surface area contributed by atoms with E-state index in [0.29, 0.717) is 16.3 Å². The molecule has 0 saturated heterocycles. The third kappa shape index (κ3) is 4.58. The third-order valence-corrected chi connectivity index (χ3v) is 4.80. The number of carbonyl (C=O) groups excluding carboxylic acids is 2. The molecule has 0 aliphatic carbocycles. The summed E-state index contributed by atoms with van der Waals surface area (Å²) in [7, 11) is 3.17. The molecular formula is C20H17F2N3O2S. The summed E-state index contributed by atoms with van der Waals surface area (Å²) in [5.41, 5.74) is 1.31. The van der Waals surface area contributed by atoms with Gasteiger partial charge in [0, 0.05) is 30.6 Å². The van der Waals surface area contributed by atoms with Crippen molar-refractivity contribution in [2.45, 2.75) is 6.42 Å². The Labute approximate surface area is 164 Å². The molecule has 28 heavy (non-hydrogen) atoms. The molecule has 0 saturated carbocycles. The summed E-state index contributed by atoms with van der Waals surface area (Å²) < 4.78 is 27.3. The summed E-state index contributed by atoms with van der Waals surface area (Å²) >= 11 is 1.29. The minimum atomic E-state index is -0.637. The van der Waals surface area contributed by atoms with E-state index in [9.17, 15) is 18.4 Å². The van der Waals surface area contributed by atoms with Crippen LogP contribution in [0.5, 0.6) is 0 Å². The van der Waals surface area contributed by atoms with Crippen molar-refractivity contribution >= 4 is 28.8 Å². The Morgan fingerprint density at radius 1 is 1.14 bits per heavy atom. The normalized spacial score (nSPS) is 10.6. The van der Waals surface area contributed by atoms with E-state index in [4.69, 9.17) is 0 Å². The van der Waals surface area contributed by atoms with Crippen LogP contribution in [0.2, 0.25) is 0 Å². The van der Waals surface area contributed by atoms with Gasteiger partial charge in [-0.1, -0.05) is 12.1 Å². The Morgan fingerprint density at radius 3 is 2.64 bits per heavy atom. The molecule has 8 heteroatoms. The standard InChI is InChI=1S/C20H17F2N3O2S/c1-25(2)20(27)13-6-7-16(22)17(9-13)24-18(26)10-15-11-28-19(23-15)12-4-3-5-14(21)8-12/h3-9,11H,10H2,1-2H3,(H,24,26). The molecule has 0 spiro atoms. The van der Waals surface area contributed by atoms with Gasteiger partial charge in [0.25, 0.3) is 5.91 Å². The van der Waals surface area contributed by atoms with Gasteiger partial charge in [0.05, 0.1) is 17.8 Å². The van der Waals surface area contributed by atoms with E-state index < -0.39 is 11.7 Å². The maximum Gasteiger partial charge on any atom is 0.253 e. The fourth-order valence-electron chi connectivity index (χ4n) is 2.51. The first-order valence-electron chi connectivity index (χ1n) is 8.35. The first kappa shape index (κ1) is 19.6. The van der Waals surface area contributed by atoms with Crippen LogP contribution < -0.4 is 5.32 Å². The molecule has 1 N–H and O–H groups in total. The van der Waals surface area contributed by atoms with Crippen LogP contribution in [0.1, 0.15) is 16.1 Å². The second-order valence-corrected chi connectivity index (χ2v) is 7.13. The van der Waals surface area contributed by atoms with Crippen LogP contribution in [-0.2, 0) is 11.2 Å². The minimum absolute atomic E-state index is 0.0710. The molecular weight excluding hydrogens is 384 g/mol. The summed E-state index contributed by atoms with van der Waals surface area (Å²) in [6, 6.07) is 9.82. The van der Waals surface area contributed by atoms with Gasteiger partial charge >= 0.3 is 0 Å². The summed E-state index contributed by atoms with van der Waals surface area (Å²) in [6.45, 7) is 0. The number of carbonyl (C=O) groups is 2. The van der Waals surface area contributed by atoms with Crippen LogP contribution in [0.25, 0.3) is 10.6 Å². The lowest BCUT2D eigenvalue weighted by Crippen LogP contribution is -2.22. The maximum absolute atomic E-state index is 14.0. The zero-order valence-corrected chi connectivity index (χ0v) is 16.0.